The summed E-state index contributed by atoms with van der Waals surface area (Å²) in [5, 5.41) is 8.86. The van der Waals surface area contributed by atoms with Gasteiger partial charge in [-0.2, -0.15) is 0 Å². The first-order chi connectivity index (χ1) is 5.04. The highest BCUT2D eigenvalue weighted by Crippen LogP contribution is 2.19. The molecule has 0 rings (SSSR count). The van der Waals surface area contributed by atoms with Crippen molar-refractivity contribution in [1.29, 1.82) is 0 Å². The molecule has 66 valence electrons. The van der Waals surface area contributed by atoms with Gasteiger partial charge in [0, 0.05) is 12.1 Å². The lowest BCUT2D eigenvalue weighted by Gasteiger charge is -2.29. The van der Waals surface area contributed by atoms with E-state index in [0.717, 1.165) is 12.8 Å². The Morgan fingerprint density at radius 1 is 1.73 bits per heavy atom. The number of hydrogen-bond acceptors (Lipinski definition) is 2. The van der Waals surface area contributed by atoms with Crippen molar-refractivity contribution in [3.63, 3.8) is 0 Å². The Morgan fingerprint density at radius 2 is 2.27 bits per heavy atom. The third-order valence-corrected chi connectivity index (χ3v) is 2.29. The molecule has 0 aliphatic rings. The second-order valence-electron chi connectivity index (χ2n) is 3.42. The Morgan fingerprint density at radius 3 is 2.64 bits per heavy atom. The molecule has 0 fully saturated rings. The van der Waals surface area contributed by atoms with Crippen LogP contribution in [0.3, 0.4) is 0 Å². The molecule has 0 saturated carbocycles. The molecule has 0 spiro atoms. The van der Waals surface area contributed by atoms with E-state index in [2.05, 4.69) is 6.58 Å². The highest BCUT2D eigenvalue weighted by atomic mass is 16.3. The van der Waals surface area contributed by atoms with Gasteiger partial charge in [0.25, 0.3) is 0 Å². The summed E-state index contributed by atoms with van der Waals surface area (Å²) in [7, 11) is 0. The third-order valence-electron chi connectivity index (χ3n) is 2.29. The molecule has 0 aliphatic heterocycles. The lowest BCUT2D eigenvalue weighted by molar-refractivity contribution is 0.168. The van der Waals surface area contributed by atoms with E-state index < -0.39 is 0 Å². The van der Waals surface area contributed by atoms with E-state index in [1.165, 1.54) is 0 Å². The van der Waals surface area contributed by atoms with Crippen molar-refractivity contribution in [3.05, 3.63) is 12.7 Å². The number of allylic oxidation sites excluding steroid dienone is 1. The molecule has 0 radical (unpaired) electrons. The second kappa shape index (κ2) is 4.52. The molecule has 0 bridgehead atoms. The third kappa shape index (κ3) is 3.54. The number of nitrogens with two attached hydrogens (primary N) is 1. The van der Waals surface area contributed by atoms with E-state index in [4.69, 9.17) is 10.8 Å². The molecule has 11 heavy (non-hydrogen) atoms. The zero-order chi connectivity index (χ0) is 8.91. The Hall–Kier alpha value is -0.340. The Labute approximate surface area is 69.1 Å². The summed E-state index contributed by atoms with van der Waals surface area (Å²) < 4.78 is 0. The van der Waals surface area contributed by atoms with E-state index >= 15 is 0 Å². The fraction of sp³-hybridized carbons (Fsp3) is 0.778. The summed E-state index contributed by atoms with van der Waals surface area (Å²) in [6.07, 6.45) is 3.66. The molecule has 0 aromatic heterocycles. The maximum Gasteiger partial charge on any atom is 0.0474 e. The van der Waals surface area contributed by atoms with Crippen LogP contribution < -0.4 is 5.73 Å². The predicted octanol–water partition coefficient (Wildman–Crippen LogP) is 1.30. The van der Waals surface area contributed by atoms with Crippen molar-refractivity contribution in [2.24, 2.45) is 11.7 Å². The molecule has 0 amide bonds. The van der Waals surface area contributed by atoms with Gasteiger partial charge in [-0.1, -0.05) is 13.0 Å². The van der Waals surface area contributed by atoms with Gasteiger partial charge in [0.15, 0.2) is 0 Å². The van der Waals surface area contributed by atoms with E-state index in [1.807, 2.05) is 19.9 Å². The quantitative estimate of drug-likeness (QED) is 0.591. The standard InChI is InChI=1S/C9H19NO/c1-4-5-6-9(3,10)8(2)7-11/h4,8,11H,1,5-7,10H2,2-3H3. The van der Waals surface area contributed by atoms with Gasteiger partial charge in [-0.05, 0) is 25.7 Å². The normalized spacial score (nSPS) is 18.9. The largest absolute Gasteiger partial charge is 0.396 e. The van der Waals surface area contributed by atoms with Crippen molar-refractivity contribution in [3.8, 4) is 0 Å². The fourth-order valence-electron chi connectivity index (χ4n) is 0.868. The van der Waals surface area contributed by atoms with Gasteiger partial charge in [-0.15, -0.1) is 6.58 Å². The average molecular weight is 157 g/mol. The van der Waals surface area contributed by atoms with Crippen molar-refractivity contribution in [2.75, 3.05) is 6.61 Å². The van der Waals surface area contributed by atoms with Crippen LogP contribution in [0.5, 0.6) is 0 Å². The molecule has 0 saturated heterocycles. The monoisotopic (exact) mass is 157 g/mol. The lowest BCUT2D eigenvalue weighted by Crippen LogP contribution is -2.44. The predicted molar refractivity (Wildman–Crippen MR) is 48.3 cm³/mol. The average Bonchev–Trinajstić information content (AvgIpc) is 1.99. The molecule has 2 nitrogen and oxygen atoms in total. The first kappa shape index (κ1) is 10.7. The van der Waals surface area contributed by atoms with Crippen molar-refractivity contribution in [1.82, 2.24) is 0 Å². The summed E-state index contributed by atoms with van der Waals surface area (Å²) in [4.78, 5) is 0. The van der Waals surface area contributed by atoms with Crippen LogP contribution in [0.4, 0.5) is 0 Å². The van der Waals surface area contributed by atoms with Crippen LogP contribution in [0, 0.1) is 5.92 Å². The number of hydrogen-bond donors (Lipinski definition) is 2. The van der Waals surface area contributed by atoms with Crippen LogP contribution in [0.15, 0.2) is 12.7 Å². The van der Waals surface area contributed by atoms with Crippen LogP contribution in [-0.4, -0.2) is 17.3 Å². The van der Waals surface area contributed by atoms with E-state index in [-0.39, 0.29) is 18.1 Å². The highest BCUT2D eigenvalue weighted by Gasteiger charge is 2.24. The van der Waals surface area contributed by atoms with Gasteiger partial charge in [0.2, 0.25) is 0 Å². The van der Waals surface area contributed by atoms with E-state index in [1.54, 1.807) is 0 Å². The molecule has 2 atom stereocenters. The summed E-state index contributed by atoms with van der Waals surface area (Å²) in [6, 6.07) is 0. The van der Waals surface area contributed by atoms with Gasteiger partial charge in [-0.25, -0.2) is 0 Å². The molecule has 0 heterocycles. The zero-order valence-electron chi connectivity index (χ0n) is 7.51. The maximum absolute atomic E-state index is 8.86. The molecule has 0 aromatic rings. The molecule has 0 aromatic carbocycles. The minimum absolute atomic E-state index is 0.155. The van der Waals surface area contributed by atoms with Crippen LogP contribution in [-0.2, 0) is 0 Å². The second-order valence-corrected chi connectivity index (χ2v) is 3.42. The van der Waals surface area contributed by atoms with E-state index in [0.29, 0.717) is 0 Å². The van der Waals surface area contributed by atoms with E-state index in [9.17, 15) is 0 Å². The van der Waals surface area contributed by atoms with Crippen LogP contribution in [0.25, 0.3) is 0 Å². The van der Waals surface area contributed by atoms with Crippen molar-refractivity contribution >= 4 is 0 Å². The van der Waals surface area contributed by atoms with Gasteiger partial charge < -0.3 is 10.8 Å². The summed E-state index contributed by atoms with van der Waals surface area (Å²) in [5.74, 6) is 0.155. The molecule has 3 N–H and O–H groups in total. The lowest BCUT2D eigenvalue weighted by atomic mass is 9.84. The Kier molecular flexibility index (Phi) is 4.38. The molecular formula is C9H19NO. The molecule has 2 unspecified atom stereocenters. The topological polar surface area (TPSA) is 46.2 Å². The number of rotatable bonds is 5. The van der Waals surface area contributed by atoms with Crippen molar-refractivity contribution in [2.45, 2.75) is 32.2 Å². The zero-order valence-corrected chi connectivity index (χ0v) is 7.51. The minimum atomic E-state index is -0.261. The summed E-state index contributed by atoms with van der Waals surface area (Å²) >= 11 is 0. The Balaban J connectivity index is 3.86. The van der Waals surface area contributed by atoms with Gasteiger partial charge in [0.1, 0.15) is 0 Å². The van der Waals surface area contributed by atoms with Crippen LogP contribution in [0.2, 0.25) is 0 Å². The first-order valence-electron chi connectivity index (χ1n) is 4.05. The highest BCUT2D eigenvalue weighted by molar-refractivity contribution is 4.86. The van der Waals surface area contributed by atoms with Crippen LogP contribution in [0.1, 0.15) is 26.7 Å². The fourth-order valence-corrected chi connectivity index (χ4v) is 0.868. The molecule has 0 aliphatic carbocycles. The smallest absolute Gasteiger partial charge is 0.0474 e. The maximum atomic E-state index is 8.86. The minimum Gasteiger partial charge on any atom is -0.396 e. The van der Waals surface area contributed by atoms with Crippen molar-refractivity contribution < 1.29 is 5.11 Å². The molecule has 2 heteroatoms. The first-order valence-corrected chi connectivity index (χ1v) is 4.05. The molecular weight excluding hydrogens is 138 g/mol. The number of aliphatic hydroxyl groups is 1. The Bertz CT molecular complexity index is 121. The van der Waals surface area contributed by atoms with Gasteiger partial charge in [0.05, 0.1) is 0 Å². The number of aliphatic hydroxyl groups excluding tert-OH is 1. The van der Waals surface area contributed by atoms with Gasteiger partial charge in [-0.3, -0.25) is 0 Å². The SMILES string of the molecule is C=CCCC(C)(N)C(C)CO. The summed E-state index contributed by atoms with van der Waals surface area (Å²) in [6.45, 7) is 7.72. The van der Waals surface area contributed by atoms with Gasteiger partial charge >= 0.3 is 0 Å². The van der Waals surface area contributed by atoms with Crippen LogP contribution >= 0.6 is 0 Å². The summed E-state index contributed by atoms with van der Waals surface area (Å²) in [5.41, 5.74) is 5.69.